The van der Waals surface area contributed by atoms with Gasteiger partial charge in [0.2, 0.25) is 6.79 Å². The summed E-state index contributed by atoms with van der Waals surface area (Å²) in [5.41, 5.74) is 1.33. The van der Waals surface area contributed by atoms with E-state index < -0.39 is 5.82 Å². The van der Waals surface area contributed by atoms with Crippen molar-refractivity contribution in [3.63, 3.8) is 0 Å². The number of benzene rings is 2. The summed E-state index contributed by atoms with van der Waals surface area (Å²) in [6.45, 7) is 2.84. The first-order chi connectivity index (χ1) is 13.4. The van der Waals surface area contributed by atoms with Crippen molar-refractivity contribution in [2.24, 2.45) is 0 Å². The Morgan fingerprint density at radius 1 is 1.04 bits per heavy atom. The molecule has 0 atom stereocenters. The van der Waals surface area contributed by atoms with Gasteiger partial charge in [-0.05, 0) is 37.3 Å². The maximum Gasteiger partial charge on any atom is 0.231 e. The molecule has 4 rings (SSSR count). The molecule has 1 aliphatic rings. The third kappa shape index (κ3) is 3.18. The van der Waals surface area contributed by atoms with E-state index in [-0.39, 0.29) is 29.9 Å². The Kier molecular flexibility index (Phi) is 4.26. The second-order valence-electron chi connectivity index (χ2n) is 6.15. The van der Waals surface area contributed by atoms with E-state index in [2.05, 4.69) is 15.5 Å². The van der Waals surface area contributed by atoms with Crippen molar-refractivity contribution in [1.82, 2.24) is 15.0 Å². The third-order valence-corrected chi connectivity index (χ3v) is 4.15. The lowest BCUT2D eigenvalue weighted by atomic mass is 10.1. The molecule has 0 fully saturated rings. The Morgan fingerprint density at radius 2 is 1.71 bits per heavy atom. The summed E-state index contributed by atoms with van der Waals surface area (Å²) in [6.07, 6.45) is 0. The van der Waals surface area contributed by atoms with E-state index in [9.17, 15) is 14.0 Å². The van der Waals surface area contributed by atoms with Crippen LogP contribution in [0.4, 0.5) is 15.9 Å². The highest BCUT2D eigenvalue weighted by Crippen LogP contribution is 2.38. The highest BCUT2D eigenvalue weighted by atomic mass is 19.1. The lowest BCUT2D eigenvalue weighted by molar-refractivity contribution is 0.100. The molecule has 1 aliphatic heterocycles. The van der Waals surface area contributed by atoms with Crippen LogP contribution in [0.1, 0.15) is 34.7 Å². The van der Waals surface area contributed by atoms with Crippen molar-refractivity contribution in [3.05, 3.63) is 53.5 Å². The van der Waals surface area contributed by atoms with Crippen LogP contribution in [0.2, 0.25) is 0 Å². The monoisotopic (exact) mass is 382 g/mol. The molecule has 8 nitrogen and oxygen atoms in total. The maximum atomic E-state index is 13.2. The molecule has 0 amide bonds. The van der Waals surface area contributed by atoms with Gasteiger partial charge in [0, 0.05) is 18.6 Å². The van der Waals surface area contributed by atoms with E-state index in [0.717, 1.165) is 0 Å². The molecule has 0 bridgehead atoms. The first-order valence-corrected chi connectivity index (χ1v) is 8.38. The number of halogens is 1. The molecule has 0 aliphatic carbocycles. The van der Waals surface area contributed by atoms with Gasteiger partial charge in [-0.1, -0.05) is 0 Å². The Balaban J connectivity index is 1.77. The Bertz CT molecular complexity index is 1090. The van der Waals surface area contributed by atoms with Gasteiger partial charge in [-0.3, -0.25) is 9.59 Å². The van der Waals surface area contributed by atoms with Crippen LogP contribution in [0, 0.1) is 5.82 Å². The summed E-state index contributed by atoms with van der Waals surface area (Å²) in [4.78, 5) is 25.3. The minimum absolute atomic E-state index is 0.0651. The fourth-order valence-electron chi connectivity index (χ4n) is 2.78. The van der Waals surface area contributed by atoms with Gasteiger partial charge < -0.3 is 14.8 Å². The number of fused-ring (bicyclic) bond motifs is 1. The number of carbonyl (C=O) groups is 2. The van der Waals surface area contributed by atoms with Gasteiger partial charge in [-0.15, -0.1) is 15.0 Å². The predicted molar refractivity (Wildman–Crippen MR) is 97.2 cm³/mol. The number of ether oxygens (including phenoxy) is 2. The number of nitrogens with zero attached hydrogens (tertiary/aromatic N) is 3. The lowest BCUT2D eigenvalue weighted by Crippen LogP contribution is -2.04. The highest BCUT2D eigenvalue weighted by Gasteiger charge is 2.22. The topological polar surface area (TPSA) is 95.3 Å². The van der Waals surface area contributed by atoms with E-state index >= 15 is 0 Å². The van der Waals surface area contributed by atoms with Gasteiger partial charge in [0.05, 0.1) is 11.4 Å². The normalized spacial score (nSPS) is 12.1. The summed E-state index contributed by atoms with van der Waals surface area (Å²) < 4.78 is 23.8. The predicted octanol–water partition coefficient (Wildman–Crippen LogP) is 3.28. The highest BCUT2D eigenvalue weighted by molar-refractivity contribution is 6.02. The van der Waals surface area contributed by atoms with Crippen LogP contribution >= 0.6 is 0 Å². The van der Waals surface area contributed by atoms with Crippen molar-refractivity contribution in [3.8, 4) is 17.2 Å². The molecule has 2 heterocycles. The number of anilines is 2. The Labute approximate surface area is 158 Å². The second kappa shape index (κ2) is 6.76. The van der Waals surface area contributed by atoms with E-state index in [4.69, 9.17) is 9.47 Å². The molecule has 2 aromatic carbocycles. The van der Waals surface area contributed by atoms with Crippen LogP contribution in [-0.4, -0.2) is 33.4 Å². The molecule has 9 heteroatoms. The zero-order chi connectivity index (χ0) is 19.8. The quantitative estimate of drug-likeness (QED) is 0.677. The van der Waals surface area contributed by atoms with Gasteiger partial charge in [0.15, 0.2) is 34.6 Å². The minimum Gasteiger partial charge on any atom is -0.454 e. The number of rotatable bonds is 5. The van der Waals surface area contributed by atoms with Crippen LogP contribution in [-0.2, 0) is 0 Å². The van der Waals surface area contributed by atoms with Gasteiger partial charge in [0.25, 0.3) is 0 Å². The van der Waals surface area contributed by atoms with Gasteiger partial charge in [-0.2, -0.15) is 0 Å². The molecule has 0 unspecified atom stereocenters. The smallest absolute Gasteiger partial charge is 0.231 e. The molecule has 142 valence electrons. The number of ketones is 2. The molecule has 1 N–H and O–H groups in total. The van der Waals surface area contributed by atoms with Gasteiger partial charge in [-0.25, -0.2) is 4.39 Å². The van der Waals surface area contributed by atoms with E-state index in [0.29, 0.717) is 28.4 Å². The van der Waals surface area contributed by atoms with Crippen molar-refractivity contribution in [2.75, 3.05) is 12.1 Å². The van der Waals surface area contributed by atoms with Crippen molar-refractivity contribution in [1.29, 1.82) is 0 Å². The SMILES string of the molecule is CC(=O)c1cc2c(cc1Nc1nn(-c3ccc(F)cc3)nc1C(C)=O)OCO2. The fraction of sp³-hybridized carbons (Fsp3) is 0.158. The first kappa shape index (κ1) is 17.7. The third-order valence-electron chi connectivity index (χ3n) is 4.15. The van der Waals surface area contributed by atoms with Gasteiger partial charge in [0.1, 0.15) is 5.82 Å². The summed E-state index contributed by atoms with van der Waals surface area (Å²) in [7, 11) is 0. The summed E-state index contributed by atoms with van der Waals surface area (Å²) in [5.74, 6) is 0.197. The lowest BCUT2D eigenvalue weighted by Gasteiger charge is -2.10. The zero-order valence-corrected chi connectivity index (χ0v) is 15.0. The summed E-state index contributed by atoms with van der Waals surface area (Å²) in [6, 6.07) is 8.70. The largest absolute Gasteiger partial charge is 0.454 e. The fourth-order valence-corrected chi connectivity index (χ4v) is 2.78. The molecule has 3 aromatic rings. The number of Topliss-reactive ketones (excluding diaryl/α,β-unsaturated/α-hetero) is 2. The minimum atomic E-state index is -0.396. The number of hydrogen-bond acceptors (Lipinski definition) is 7. The van der Waals surface area contributed by atoms with Crippen LogP contribution in [0.25, 0.3) is 5.69 Å². The van der Waals surface area contributed by atoms with Crippen LogP contribution in [0.15, 0.2) is 36.4 Å². The second-order valence-corrected chi connectivity index (χ2v) is 6.15. The molecule has 0 saturated heterocycles. The number of carbonyl (C=O) groups excluding carboxylic acids is 2. The van der Waals surface area contributed by atoms with Crippen LogP contribution in [0.3, 0.4) is 0 Å². The average Bonchev–Trinajstić information content (AvgIpc) is 3.28. The summed E-state index contributed by atoms with van der Waals surface area (Å²) in [5, 5.41) is 11.5. The number of nitrogens with one attached hydrogen (secondary N) is 1. The van der Waals surface area contributed by atoms with E-state index in [1.54, 1.807) is 12.1 Å². The van der Waals surface area contributed by atoms with E-state index in [1.165, 1.54) is 42.9 Å². The van der Waals surface area contributed by atoms with Crippen molar-refractivity contribution >= 4 is 23.1 Å². The maximum absolute atomic E-state index is 13.2. The molecular weight excluding hydrogens is 367 g/mol. The average molecular weight is 382 g/mol. The molecule has 28 heavy (non-hydrogen) atoms. The molecule has 0 radical (unpaired) electrons. The van der Waals surface area contributed by atoms with Crippen molar-refractivity contribution in [2.45, 2.75) is 13.8 Å². The Morgan fingerprint density at radius 3 is 2.36 bits per heavy atom. The first-order valence-electron chi connectivity index (χ1n) is 8.38. The van der Waals surface area contributed by atoms with Crippen LogP contribution < -0.4 is 14.8 Å². The molecule has 0 saturated carbocycles. The standard InChI is InChI=1S/C19H15FN4O4/c1-10(25)14-7-16-17(28-9-27-16)8-15(14)21-19-18(11(2)26)22-24(23-19)13-5-3-12(20)4-6-13/h3-8H,9H2,1-2H3,(H,21,23). The van der Waals surface area contributed by atoms with Crippen LogP contribution in [0.5, 0.6) is 11.5 Å². The molecule has 0 spiro atoms. The van der Waals surface area contributed by atoms with E-state index in [1.807, 2.05) is 0 Å². The molecule has 1 aromatic heterocycles. The Hall–Kier alpha value is -3.75. The summed E-state index contributed by atoms with van der Waals surface area (Å²) >= 11 is 0. The number of aromatic nitrogens is 3. The zero-order valence-electron chi connectivity index (χ0n) is 15.0. The van der Waals surface area contributed by atoms with Gasteiger partial charge >= 0.3 is 0 Å². The molecular formula is C19H15FN4O4. The van der Waals surface area contributed by atoms with Crippen molar-refractivity contribution < 1.29 is 23.5 Å². The number of hydrogen-bond donors (Lipinski definition) is 1.